The van der Waals surface area contributed by atoms with Gasteiger partial charge in [-0.25, -0.2) is 0 Å². The lowest BCUT2D eigenvalue weighted by Crippen LogP contribution is -2.40. The molecule has 1 aliphatic rings. The van der Waals surface area contributed by atoms with Gasteiger partial charge in [-0.15, -0.1) is 0 Å². The first-order valence-corrected chi connectivity index (χ1v) is 9.91. The Kier molecular flexibility index (Phi) is 4.24. The number of hydrogen-bond donors (Lipinski definition) is 0. The summed E-state index contributed by atoms with van der Waals surface area (Å²) in [5.74, 6) is 0.771. The maximum atomic E-state index is 10.6. The highest BCUT2D eigenvalue weighted by Gasteiger charge is 2.36. The fourth-order valence-corrected chi connectivity index (χ4v) is 5.53. The van der Waals surface area contributed by atoms with Gasteiger partial charge in [-0.3, -0.25) is 10.1 Å². The van der Waals surface area contributed by atoms with Crippen molar-refractivity contribution in [3.63, 3.8) is 0 Å². The van der Waals surface area contributed by atoms with E-state index in [1.54, 1.807) is 12.1 Å². The Morgan fingerprint density at radius 1 is 1.16 bits per heavy atom. The van der Waals surface area contributed by atoms with Crippen LogP contribution in [-0.4, -0.2) is 13.2 Å². The van der Waals surface area contributed by atoms with Gasteiger partial charge in [0, 0.05) is 12.1 Å². The molecular weight excluding hydrogens is 258 g/mol. The van der Waals surface area contributed by atoms with Gasteiger partial charge in [-0.05, 0) is 43.6 Å². The average molecular weight is 279 g/mol. The van der Waals surface area contributed by atoms with Crippen LogP contribution in [0.25, 0.3) is 0 Å². The molecule has 0 aliphatic heterocycles. The molecule has 5 heteroatoms. The van der Waals surface area contributed by atoms with Gasteiger partial charge in [0.1, 0.15) is 5.75 Å². The molecule has 19 heavy (non-hydrogen) atoms. The number of nitro benzene ring substituents is 1. The Bertz CT molecular complexity index is 439. The summed E-state index contributed by atoms with van der Waals surface area (Å²) in [6, 6.07) is 6.47. The van der Waals surface area contributed by atoms with Crippen molar-refractivity contribution in [2.75, 3.05) is 0 Å². The van der Waals surface area contributed by atoms with Crippen LogP contribution in [0.15, 0.2) is 24.3 Å². The zero-order valence-electron chi connectivity index (χ0n) is 11.6. The highest BCUT2D eigenvalue weighted by Crippen LogP contribution is 2.38. The van der Waals surface area contributed by atoms with E-state index < -0.39 is 8.32 Å². The highest BCUT2D eigenvalue weighted by atomic mass is 28.4. The van der Waals surface area contributed by atoms with Crippen LogP contribution in [-0.2, 0) is 0 Å². The van der Waals surface area contributed by atoms with Crippen molar-refractivity contribution in [1.82, 2.24) is 0 Å². The third-order valence-corrected chi connectivity index (χ3v) is 7.32. The zero-order chi connectivity index (χ0) is 13.9. The van der Waals surface area contributed by atoms with Gasteiger partial charge in [-0.1, -0.05) is 19.3 Å². The molecule has 0 bridgehead atoms. The SMILES string of the molecule is C[Si](C)(Oc1ccc([N+](=O)[O-])cc1)C1CCCCC1. The minimum atomic E-state index is -1.76. The fourth-order valence-electron chi connectivity index (χ4n) is 2.82. The molecule has 0 spiro atoms. The van der Waals surface area contributed by atoms with E-state index in [2.05, 4.69) is 13.1 Å². The summed E-state index contributed by atoms with van der Waals surface area (Å²) in [4.78, 5) is 10.2. The van der Waals surface area contributed by atoms with E-state index in [1.165, 1.54) is 44.2 Å². The minimum Gasteiger partial charge on any atom is -0.544 e. The van der Waals surface area contributed by atoms with Crippen molar-refractivity contribution < 1.29 is 9.35 Å². The third-order valence-electron chi connectivity index (χ3n) is 4.02. The topological polar surface area (TPSA) is 52.4 Å². The van der Waals surface area contributed by atoms with Gasteiger partial charge in [0.05, 0.1) is 4.92 Å². The van der Waals surface area contributed by atoms with Crippen molar-refractivity contribution in [1.29, 1.82) is 0 Å². The fraction of sp³-hybridized carbons (Fsp3) is 0.571. The average Bonchev–Trinajstić information content (AvgIpc) is 2.40. The summed E-state index contributed by atoms with van der Waals surface area (Å²) < 4.78 is 6.19. The van der Waals surface area contributed by atoms with Gasteiger partial charge >= 0.3 is 0 Å². The van der Waals surface area contributed by atoms with E-state index in [-0.39, 0.29) is 10.6 Å². The first kappa shape index (κ1) is 14.1. The summed E-state index contributed by atoms with van der Waals surface area (Å²) in [5, 5.41) is 10.6. The molecule has 1 fully saturated rings. The lowest BCUT2D eigenvalue weighted by Gasteiger charge is -2.35. The Labute approximate surface area is 115 Å². The summed E-state index contributed by atoms with van der Waals surface area (Å²) in [5.41, 5.74) is 0.820. The molecule has 1 aromatic rings. The predicted octanol–water partition coefficient (Wildman–Crippen LogP) is 4.51. The van der Waals surface area contributed by atoms with Crippen molar-refractivity contribution in [3.05, 3.63) is 34.4 Å². The van der Waals surface area contributed by atoms with E-state index in [0.717, 1.165) is 5.75 Å². The summed E-state index contributed by atoms with van der Waals surface area (Å²) in [7, 11) is -1.76. The van der Waals surface area contributed by atoms with Crippen molar-refractivity contribution in [3.8, 4) is 5.75 Å². The van der Waals surface area contributed by atoms with Crippen LogP contribution in [0.2, 0.25) is 18.6 Å². The molecule has 0 atom stereocenters. The normalized spacial score (nSPS) is 17.2. The van der Waals surface area contributed by atoms with Gasteiger partial charge in [-0.2, -0.15) is 0 Å². The number of nitro groups is 1. The second-order valence-electron chi connectivity index (χ2n) is 5.79. The molecule has 0 aromatic heterocycles. The second kappa shape index (κ2) is 5.73. The molecule has 0 heterocycles. The summed E-state index contributed by atoms with van der Waals surface area (Å²) in [6.07, 6.45) is 6.51. The maximum absolute atomic E-state index is 10.6. The zero-order valence-corrected chi connectivity index (χ0v) is 12.6. The van der Waals surface area contributed by atoms with E-state index in [0.29, 0.717) is 5.54 Å². The largest absolute Gasteiger partial charge is 0.544 e. The lowest BCUT2D eigenvalue weighted by molar-refractivity contribution is -0.384. The van der Waals surface area contributed by atoms with Gasteiger partial charge in [0.15, 0.2) is 0 Å². The van der Waals surface area contributed by atoms with E-state index in [1.807, 2.05) is 0 Å². The van der Waals surface area contributed by atoms with Gasteiger partial charge in [0.25, 0.3) is 5.69 Å². The summed E-state index contributed by atoms with van der Waals surface area (Å²) >= 11 is 0. The highest BCUT2D eigenvalue weighted by molar-refractivity contribution is 6.73. The predicted molar refractivity (Wildman–Crippen MR) is 78.0 cm³/mol. The number of non-ortho nitro benzene ring substituents is 1. The van der Waals surface area contributed by atoms with E-state index in [4.69, 9.17) is 4.43 Å². The molecule has 0 radical (unpaired) electrons. The van der Waals surface area contributed by atoms with Crippen LogP contribution < -0.4 is 4.43 Å². The van der Waals surface area contributed by atoms with Crippen molar-refractivity contribution >= 4 is 14.0 Å². The van der Waals surface area contributed by atoms with Crippen LogP contribution in [0, 0.1) is 10.1 Å². The Balaban J connectivity index is 2.04. The Morgan fingerprint density at radius 3 is 2.26 bits per heavy atom. The first-order chi connectivity index (χ1) is 8.99. The molecule has 0 saturated heterocycles. The molecule has 4 nitrogen and oxygen atoms in total. The molecule has 104 valence electrons. The molecule has 0 N–H and O–H groups in total. The number of benzene rings is 1. The lowest BCUT2D eigenvalue weighted by atomic mass is 10.0. The minimum absolute atomic E-state index is 0.115. The number of rotatable bonds is 4. The molecule has 0 amide bonds. The molecule has 1 aliphatic carbocycles. The maximum Gasteiger partial charge on any atom is 0.269 e. The Morgan fingerprint density at radius 2 is 1.74 bits per heavy atom. The number of hydrogen-bond acceptors (Lipinski definition) is 3. The van der Waals surface area contributed by atoms with Crippen LogP contribution >= 0.6 is 0 Å². The van der Waals surface area contributed by atoms with Crippen molar-refractivity contribution in [2.24, 2.45) is 0 Å². The first-order valence-electron chi connectivity index (χ1n) is 6.92. The Hall–Kier alpha value is -1.36. The van der Waals surface area contributed by atoms with Gasteiger partial charge in [0.2, 0.25) is 8.32 Å². The van der Waals surface area contributed by atoms with Crippen LogP contribution in [0.3, 0.4) is 0 Å². The molecule has 0 unspecified atom stereocenters. The monoisotopic (exact) mass is 279 g/mol. The smallest absolute Gasteiger partial charge is 0.269 e. The molecule has 2 rings (SSSR count). The molecule has 1 aromatic carbocycles. The van der Waals surface area contributed by atoms with Gasteiger partial charge < -0.3 is 4.43 Å². The second-order valence-corrected chi connectivity index (χ2v) is 10.0. The van der Waals surface area contributed by atoms with Crippen LogP contribution in [0.1, 0.15) is 32.1 Å². The summed E-state index contributed by atoms with van der Waals surface area (Å²) in [6.45, 7) is 4.51. The van der Waals surface area contributed by atoms with Crippen LogP contribution in [0.5, 0.6) is 5.75 Å². The molecule has 1 saturated carbocycles. The van der Waals surface area contributed by atoms with Crippen molar-refractivity contribution in [2.45, 2.75) is 50.7 Å². The quantitative estimate of drug-likeness (QED) is 0.463. The van der Waals surface area contributed by atoms with Crippen LogP contribution in [0.4, 0.5) is 5.69 Å². The number of nitrogens with zero attached hydrogens (tertiary/aromatic N) is 1. The standard InChI is InChI=1S/C14H21NO3Si/c1-19(2,14-6-4-3-5-7-14)18-13-10-8-12(9-11-13)15(16)17/h8-11,14H,3-7H2,1-2H3. The molecular formula is C14H21NO3Si. The third kappa shape index (κ3) is 3.56. The van der Waals surface area contributed by atoms with E-state index >= 15 is 0 Å². The van der Waals surface area contributed by atoms with E-state index in [9.17, 15) is 10.1 Å².